The number of nitrogens with zero attached hydrogens (tertiary/aromatic N) is 2. The van der Waals surface area contributed by atoms with Crippen LogP contribution in [0.3, 0.4) is 0 Å². The van der Waals surface area contributed by atoms with Gasteiger partial charge in [0.05, 0.1) is 19.8 Å². The van der Waals surface area contributed by atoms with Crippen molar-refractivity contribution in [1.29, 1.82) is 0 Å². The fourth-order valence-electron chi connectivity index (χ4n) is 3.25. The number of carbonyl (C=O) groups excluding carboxylic acids is 1. The Balaban J connectivity index is 0.00000625. The molecule has 0 aromatic rings. The Kier molecular flexibility index (Phi) is 15.1. The number of hydrogen-bond donors (Lipinski definition) is 3. The van der Waals surface area contributed by atoms with Crippen LogP contribution in [0.5, 0.6) is 0 Å². The van der Waals surface area contributed by atoms with Crippen molar-refractivity contribution in [1.82, 2.24) is 20.9 Å². The average molecular weight is 483 g/mol. The molecule has 0 bridgehead atoms. The van der Waals surface area contributed by atoms with Crippen LogP contribution in [0.1, 0.15) is 40.0 Å². The maximum Gasteiger partial charge on any atom is 0.239 e. The van der Waals surface area contributed by atoms with Crippen LogP contribution in [0, 0.1) is 5.92 Å². The maximum atomic E-state index is 11.7. The Bertz CT molecular complexity index is 399. The van der Waals surface area contributed by atoms with Crippen molar-refractivity contribution in [3.05, 3.63) is 0 Å². The number of morpholine rings is 1. The number of amides is 1. The van der Waals surface area contributed by atoms with E-state index in [9.17, 15) is 4.79 Å². The molecule has 1 fully saturated rings. The number of nitrogens with one attached hydrogen (secondary N) is 3. The molecule has 1 unspecified atom stereocenters. The number of aliphatic imine (C=N–C) groups is 1. The minimum atomic E-state index is -0.00507. The van der Waals surface area contributed by atoms with E-state index in [2.05, 4.69) is 39.7 Å². The molecule has 0 aromatic heterocycles. The van der Waals surface area contributed by atoms with E-state index in [1.54, 1.807) is 7.05 Å². The fourth-order valence-corrected chi connectivity index (χ4v) is 3.25. The highest BCUT2D eigenvalue weighted by Gasteiger charge is 2.27. The number of carbonyl (C=O) groups is 1. The van der Waals surface area contributed by atoms with Gasteiger partial charge in [0.1, 0.15) is 0 Å². The second-order valence-corrected chi connectivity index (χ2v) is 6.45. The summed E-state index contributed by atoms with van der Waals surface area (Å²) in [6.07, 6.45) is 3.26. The van der Waals surface area contributed by atoms with Gasteiger partial charge in [-0.3, -0.25) is 14.7 Å². The second kappa shape index (κ2) is 15.4. The van der Waals surface area contributed by atoms with Crippen LogP contribution >= 0.6 is 24.0 Å². The zero-order valence-corrected chi connectivity index (χ0v) is 19.2. The van der Waals surface area contributed by atoms with Gasteiger partial charge in [0.2, 0.25) is 5.91 Å². The molecule has 1 heterocycles. The average Bonchev–Trinajstić information content (AvgIpc) is 2.66. The summed E-state index contributed by atoms with van der Waals surface area (Å²) in [6, 6.07) is 0.450. The molecule has 1 saturated heterocycles. The third-order valence-corrected chi connectivity index (χ3v) is 4.80. The Hall–Kier alpha value is -0.610. The predicted molar refractivity (Wildman–Crippen MR) is 118 cm³/mol. The van der Waals surface area contributed by atoms with Crippen LogP contribution in [0.2, 0.25) is 0 Å². The first-order valence-corrected chi connectivity index (χ1v) is 9.69. The van der Waals surface area contributed by atoms with Gasteiger partial charge >= 0.3 is 0 Å². The quantitative estimate of drug-likeness (QED) is 0.249. The lowest BCUT2D eigenvalue weighted by atomic mass is 9.92. The van der Waals surface area contributed by atoms with Gasteiger partial charge in [-0.2, -0.15) is 0 Å². The van der Waals surface area contributed by atoms with Gasteiger partial charge in [0.25, 0.3) is 0 Å². The van der Waals surface area contributed by atoms with E-state index in [4.69, 9.17) is 4.74 Å². The molecule has 1 amide bonds. The Morgan fingerprint density at radius 2 is 1.77 bits per heavy atom. The molecule has 0 saturated carbocycles. The van der Waals surface area contributed by atoms with Gasteiger partial charge in [-0.05, 0) is 12.3 Å². The van der Waals surface area contributed by atoms with Crippen LogP contribution < -0.4 is 16.0 Å². The van der Waals surface area contributed by atoms with Gasteiger partial charge in [-0.15, -0.1) is 24.0 Å². The zero-order chi connectivity index (χ0) is 18.5. The summed E-state index contributed by atoms with van der Waals surface area (Å²) in [5.74, 6) is 1.31. The molecule has 1 aliphatic heterocycles. The predicted octanol–water partition coefficient (Wildman–Crippen LogP) is 1.43. The number of halogens is 1. The van der Waals surface area contributed by atoms with Crippen molar-refractivity contribution in [2.45, 2.75) is 46.1 Å². The van der Waals surface area contributed by atoms with Crippen molar-refractivity contribution < 1.29 is 9.53 Å². The molecule has 0 radical (unpaired) electrons. The van der Waals surface area contributed by atoms with E-state index in [0.717, 1.165) is 52.1 Å². The summed E-state index contributed by atoms with van der Waals surface area (Å²) in [6.45, 7) is 11.9. The molecule has 3 N–H and O–H groups in total. The van der Waals surface area contributed by atoms with Crippen molar-refractivity contribution >= 4 is 35.8 Å². The normalized spacial score (nSPS) is 16.7. The number of hydrogen-bond acceptors (Lipinski definition) is 4. The molecule has 1 atom stereocenters. The largest absolute Gasteiger partial charge is 0.379 e. The van der Waals surface area contributed by atoms with E-state index >= 15 is 0 Å². The second-order valence-electron chi connectivity index (χ2n) is 6.45. The van der Waals surface area contributed by atoms with E-state index in [0.29, 0.717) is 24.5 Å². The monoisotopic (exact) mass is 483 g/mol. The van der Waals surface area contributed by atoms with Crippen LogP contribution in [-0.2, 0) is 9.53 Å². The molecule has 154 valence electrons. The summed E-state index contributed by atoms with van der Waals surface area (Å²) in [7, 11) is 1.74. The fraction of sp³-hybridized carbons (Fsp3) is 0.889. The van der Waals surface area contributed by atoms with E-state index in [-0.39, 0.29) is 36.4 Å². The van der Waals surface area contributed by atoms with Crippen molar-refractivity contribution in [2.75, 3.05) is 53.0 Å². The third kappa shape index (κ3) is 9.36. The topological polar surface area (TPSA) is 78.0 Å². The maximum absolute atomic E-state index is 11.7. The van der Waals surface area contributed by atoms with Gasteiger partial charge in [-0.1, -0.05) is 33.6 Å². The molecule has 0 spiro atoms. The van der Waals surface area contributed by atoms with Crippen LogP contribution in [-0.4, -0.2) is 75.8 Å². The molecule has 1 aliphatic rings. The van der Waals surface area contributed by atoms with Crippen LogP contribution in [0.25, 0.3) is 0 Å². The highest BCUT2D eigenvalue weighted by Crippen LogP contribution is 2.19. The number of ether oxygens (including phenoxy) is 1. The van der Waals surface area contributed by atoms with Gasteiger partial charge < -0.3 is 20.7 Å². The molecule has 1 rings (SSSR count). The lowest BCUT2D eigenvalue weighted by Gasteiger charge is -2.39. The smallest absolute Gasteiger partial charge is 0.239 e. The van der Waals surface area contributed by atoms with Gasteiger partial charge in [0.15, 0.2) is 5.96 Å². The lowest BCUT2D eigenvalue weighted by Crippen LogP contribution is -2.54. The Morgan fingerprint density at radius 3 is 2.31 bits per heavy atom. The summed E-state index contributed by atoms with van der Waals surface area (Å²) in [5.41, 5.74) is 0. The highest BCUT2D eigenvalue weighted by atomic mass is 127. The zero-order valence-electron chi connectivity index (χ0n) is 16.8. The number of guanidine groups is 1. The molecule has 7 nitrogen and oxygen atoms in total. The summed E-state index contributed by atoms with van der Waals surface area (Å²) < 4.78 is 5.50. The molecule has 8 heteroatoms. The van der Waals surface area contributed by atoms with Crippen molar-refractivity contribution in [3.8, 4) is 0 Å². The SMILES string of the molecule is CCCNC(=O)CNC(=NC)NCC(C(CC)CC)N1CCOCC1.I. The summed E-state index contributed by atoms with van der Waals surface area (Å²) >= 11 is 0. The Morgan fingerprint density at radius 1 is 1.12 bits per heavy atom. The minimum Gasteiger partial charge on any atom is -0.379 e. The van der Waals surface area contributed by atoms with E-state index in [1.165, 1.54) is 0 Å². The van der Waals surface area contributed by atoms with Crippen LogP contribution in [0.4, 0.5) is 0 Å². The Labute approximate surface area is 176 Å². The minimum absolute atomic E-state index is 0. The highest BCUT2D eigenvalue weighted by molar-refractivity contribution is 14.0. The summed E-state index contributed by atoms with van der Waals surface area (Å²) in [5, 5.41) is 9.36. The van der Waals surface area contributed by atoms with Crippen molar-refractivity contribution in [2.24, 2.45) is 10.9 Å². The van der Waals surface area contributed by atoms with Gasteiger partial charge in [0, 0.05) is 39.3 Å². The van der Waals surface area contributed by atoms with Crippen LogP contribution in [0.15, 0.2) is 4.99 Å². The van der Waals surface area contributed by atoms with E-state index in [1.807, 2.05) is 6.92 Å². The molecular formula is C18H38IN5O2. The molecule has 26 heavy (non-hydrogen) atoms. The molecular weight excluding hydrogens is 445 g/mol. The first-order valence-electron chi connectivity index (χ1n) is 9.69. The van der Waals surface area contributed by atoms with E-state index < -0.39 is 0 Å². The summed E-state index contributed by atoms with van der Waals surface area (Å²) in [4.78, 5) is 18.5. The number of rotatable bonds is 10. The molecule has 0 aliphatic carbocycles. The lowest BCUT2D eigenvalue weighted by molar-refractivity contribution is -0.120. The van der Waals surface area contributed by atoms with Crippen molar-refractivity contribution in [3.63, 3.8) is 0 Å². The first kappa shape index (κ1) is 25.4. The molecule has 0 aromatic carbocycles. The third-order valence-electron chi connectivity index (χ3n) is 4.80. The first-order chi connectivity index (χ1) is 12.2. The standard InChI is InChI=1S/C18H37N5O2.HI/c1-5-8-20-17(24)14-22-18(19-4)21-13-16(15(6-2)7-3)23-9-11-25-12-10-23;/h15-16H,5-14H2,1-4H3,(H,20,24)(H2,19,21,22);1H. The van der Waals surface area contributed by atoms with Gasteiger partial charge in [-0.25, -0.2) is 0 Å².